The van der Waals surface area contributed by atoms with Crippen LogP contribution in [0.25, 0.3) is 0 Å². The van der Waals surface area contributed by atoms with Crippen molar-refractivity contribution in [3.63, 3.8) is 0 Å². The lowest BCUT2D eigenvalue weighted by atomic mass is 10.1. The number of ketones is 1. The van der Waals surface area contributed by atoms with Crippen molar-refractivity contribution in [2.75, 3.05) is 17.2 Å². The summed E-state index contributed by atoms with van der Waals surface area (Å²) < 4.78 is 0. The summed E-state index contributed by atoms with van der Waals surface area (Å²) in [4.78, 5) is 24.0. The number of nitrogen functional groups attached to an aromatic ring is 1. The number of para-hydroxylation sites is 2. The molecule has 0 bridgehead atoms. The summed E-state index contributed by atoms with van der Waals surface area (Å²) >= 11 is 0. The van der Waals surface area contributed by atoms with Crippen molar-refractivity contribution in [2.45, 2.75) is 0 Å². The number of carbonyl (C=O) groups excluding carboxylic acids is 2. The largest absolute Gasteiger partial charge is 0.398 e. The van der Waals surface area contributed by atoms with Gasteiger partial charge in [-0.05, 0) is 24.3 Å². The molecule has 1 unspecified atom stereocenters. The van der Waals surface area contributed by atoms with Gasteiger partial charge in [0.15, 0.2) is 5.78 Å². The number of hydrogen-bond donors (Lipinski definition) is 2. The lowest BCUT2D eigenvalue weighted by molar-refractivity contribution is 0.102. The third kappa shape index (κ3) is 3.03. The average Bonchev–Trinajstić information content (AvgIpc) is 2.47. The van der Waals surface area contributed by atoms with Gasteiger partial charge in [-0.25, -0.2) is 0 Å². The molecule has 5 heteroatoms. The van der Waals surface area contributed by atoms with E-state index in [4.69, 9.17) is 5.73 Å². The molecule has 0 aliphatic rings. The molecule has 102 valence electrons. The highest BCUT2D eigenvalue weighted by Crippen LogP contribution is 2.19. The third-order valence-corrected chi connectivity index (χ3v) is 3.24. The van der Waals surface area contributed by atoms with E-state index in [1.54, 1.807) is 48.5 Å². The molecule has 1 atom stereocenters. The first kappa shape index (κ1) is 14.2. The van der Waals surface area contributed by atoms with Crippen molar-refractivity contribution in [1.29, 1.82) is 0 Å². The molecule has 1 amide bonds. The van der Waals surface area contributed by atoms with Gasteiger partial charge in [-0.15, -0.1) is 9.24 Å². The monoisotopic (exact) mass is 286 g/mol. The SMILES string of the molecule is Nc1ccccc1C(=O)Nc1ccccc1C(=O)CP. The van der Waals surface area contributed by atoms with Gasteiger partial charge in [0, 0.05) is 17.4 Å². The number of carbonyl (C=O) groups is 2. The summed E-state index contributed by atoms with van der Waals surface area (Å²) in [6.07, 6.45) is 0.306. The summed E-state index contributed by atoms with van der Waals surface area (Å²) in [5, 5.41) is 2.73. The Morgan fingerprint density at radius 3 is 2.25 bits per heavy atom. The van der Waals surface area contributed by atoms with Crippen molar-refractivity contribution < 1.29 is 9.59 Å². The Balaban J connectivity index is 2.29. The zero-order valence-electron chi connectivity index (χ0n) is 10.8. The smallest absolute Gasteiger partial charge is 0.257 e. The molecule has 0 heterocycles. The molecule has 0 aliphatic heterocycles. The number of rotatable bonds is 4. The minimum Gasteiger partial charge on any atom is -0.398 e. The van der Waals surface area contributed by atoms with Crippen molar-refractivity contribution in [3.05, 3.63) is 59.7 Å². The van der Waals surface area contributed by atoms with Crippen LogP contribution in [0, 0.1) is 0 Å². The van der Waals surface area contributed by atoms with Crippen molar-refractivity contribution in [3.8, 4) is 0 Å². The van der Waals surface area contributed by atoms with Crippen LogP contribution < -0.4 is 11.1 Å². The summed E-state index contributed by atoms with van der Waals surface area (Å²) in [5.41, 5.74) is 7.54. The zero-order chi connectivity index (χ0) is 14.5. The van der Waals surface area contributed by atoms with Gasteiger partial charge >= 0.3 is 0 Å². The van der Waals surface area contributed by atoms with Crippen LogP contribution in [0.5, 0.6) is 0 Å². The molecule has 0 spiro atoms. The second kappa shape index (κ2) is 6.31. The molecule has 2 aromatic carbocycles. The highest BCUT2D eigenvalue weighted by molar-refractivity contribution is 7.18. The maximum absolute atomic E-state index is 12.2. The van der Waals surface area contributed by atoms with E-state index < -0.39 is 0 Å². The Labute approximate surface area is 119 Å². The van der Waals surface area contributed by atoms with Gasteiger partial charge in [0.05, 0.1) is 11.3 Å². The van der Waals surface area contributed by atoms with E-state index in [0.29, 0.717) is 28.7 Å². The van der Waals surface area contributed by atoms with Crippen LogP contribution in [0.15, 0.2) is 48.5 Å². The fourth-order valence-electron chi connectivity index (χ4n) is 1.84. The average molecular weight is 286 g/mol. The lowest BCUT2D eigenvalue weighted by Gasteiger charge is -2.10. The normalized spacial score (nSPS) is 10.1. The van der Waals surface area contributed by atoms with Crippen molar-refractivity contribution in [1.82, 2.24) is 0 Å². The first-order valence-corrected chi connectivity index (χ1v) is 6.93. The Kier molecular flexibility index (Phi) is 4.49. The Morgan fingerprint density at radius 2 is 1.60 bits per heavy atom. The van der Waals surface area contributed by atoms with Gasteiger partial charge in [-0.3, -0.25) is 9.59 Å². The van der Waals surface area contributed by atoms with Crippen LogP contribution >= 0.6 is 9.24 Å². The molecule has 0 aliphatic carbocycles. The van der Waals surface area contributed by atoms with Gasteiger partial charge in [0.1, 0.15) is 0 Å². The number of hydrogen-bond acceptors (Lipinski definition) is 3. The summed E-state index contributed by atoms with van der Waals surface area (Å²) in [7, 11) is 2.38. The Hall–Kier alpha value is -2.19. The third-order valence-electron chi connectivity index (χ3n) is 2.87. The van der Waals surface area contributed by atoms with Gasteiger partial charge in [-0.1, -0.05) is 24.3 Å². The number of benzene rings is 2. The Morgan fingerprint density at radius 1 is 1.00 bits per heavy atom. The van der Waals surface area contributed by atoms with Crippen LogP contribution in [0.4, 0.5) is 11.4 Å². The lowest BCUT2D eigenvalue weighted by Crippen LogP contribution is -2.16. The maximum Gasteiger partial charge on any atom is 0.257 e. The molecule has 20 heavy (non-hydrogen) atoms. The molecular weight excluding hydrogens is 271 g/mol. The van der Waals surface area contributed by atoms with E-state index in [9.17, 15) is 9.59 Å². The van der Waals surface area contributed by atoms with Crippen LogP contribution in [-0.4, -0.2) is 17.9 Å². The van der Waals surface area contributed by atoms with E-state index in [1.807, 2.05) is 0 Å². The van der Waals surface area contributed by atoms with Crippen molar-refractivity contribution >= 4 is 32.3 Å². The number of amides is 1. The van der Waals surface area contributed by atoms with Gasteiger partial charge < -0.3 is 11.1 Å². The molecule has 0 aromatic heterocycles. The molecule has 0 saturated heterocycles. The van der Waals surface area contributed by atoms with E-state index in [2.05, 4.69) is 14.6 Å². The van der Waals surface area contributed by atoms with Crippen LogP contribution in [0.3, 0.4) is 0 Å². The van der Waals surface area contributed by atoms with Gasteiger partial charge in [-0.2, -0.15) is 0 Å². The van der Waals surface area contributed by atoms with E-state index in [0.717, 1.165) is 0 Å². The summed E-state index contributed by atoms with van der Waals surface area (Å²) in [5.74, 6) is -0.376. The van der Waals surface area contributed by atoms with Crippen molar-refractivity contribution in [2.24, 2.45) is 0 Å². The number of nitrogens with two attached hydrogens (primary N) is 1. The molecule has 2 aromatic rings. The molecule has 4 nitrogen and oxygen atoms in total. The maximum atomic E-state index is 12.2. The first-order chi connectivity index (χ1) is 9.63. The van der Waals surface area contributed by atoms with Gasteiger partial charge in [0.25, 0.3) is 5.91 Å². The zero-order valence-corrected chi connectivity index (χ0v) is 12.0. The second-order valence-corrected chi connectivity index (χ2v) is 4.62. The molecule has 0 saturated carbocycles. The molecule has 3 N–H and O–H groups in total. The minimum absolute atomic E-state index is 0.0491. The van der Waals surface area contributed by atoms with Crippen LogP contribution in [0.1, 0.15) is 20.7 Å². The van der Waals surface area contributed by atoms with Crippen LogP contribution in [-0.2, 0) is 0 Å². The fraction of sp³-hybridized carbons (Fsp3) is 0.0667. The van der Waals surface area contributed by atoms with Crippen LogP contribution in [0.2, 0.25) is 0 Å². The topological polar surface area (TPSA) is 72.2 Å². The van der Waals surface area contributed by atoms with E-state index in [-0.39, 0.29) is 11.7 Å². The van der Waals surface area contributed by atoms with E-state index >= 15 is 0 Å². The standard InChI is InChI=1S/C15H15N2O2P/c16-12-7-3-1-5-10(12)15(19)17-13-8-4-2-6-11(13)14(18)9-20/h1-8H,9,16,20H2,(H,17,19). The first-order valence-electron chi connectivity index (χ1n) is 6.11. The molecule has 0 fully saturated rings. The number of nitrogens with one attached hydrogen (secondary N) is 1. The minimum atomic E-state index is -0.327. The summed E-state index contributed by atoms with van der Waals surface area (Å²) in [6.45, 7) is 0. The fourth-order valence-corrected chi connectivity index (χ4v) is 2.06. The highest BCUT2D eigenvalue weighted by Gasteiger charge is 2.14. The molecular formula is C15H15N2O2P. The summed E-state index contributed by atoms with van der Waals surface area (Å²) in [6, 6.07) is 13.7. The molecule has 2 rings (SSSR count). The quantitative estimate of drug-likeness (QED) is 0.515. The highest BCUT2D eigenvalue weighted by atomic mass is 31.0. The number of anilines is 2. The van der Waals surface area contributed by atoms with E-state index in [1.165, 1.54) is 0 Å². The van der Waals surface area contributed by atoms with Gasteiger partial charge in [0.2, 0.25) is 0 Å². The molecule has 0 radical (unpaired) electrons. The Bertz CT molecular complexity index is 656. The predicted octanol–water partition coefficient (Wildman–Crippen LogP) is 2.58. The number of Topliss-reactive ketones (excluding diaryl/α,β-unsaturated/α-hetero) is 1. The predicted molar refractivity (Wildman–Crippen MR) is 84.2 cm³/mol. The second-order valence-electron chi connectivity index (χ2n) is 4.21.